The van der Waals surface area contributed by atoms with Gasteiger partial charge in [0, 0.05) is 26.0 Å². The van der Waals surface area contributed by atoms with Gasteiger partial charge in [0.15, 0.2) is 11.5 Å². The Bertz CT molecular complexity index is 531. The van der Waals surface area contributed by atoms with Crippen LogP contribution in [0.25, 0.3) is 0 Å². The summed E-state index contributed by atoms with van der Waals surface area (Å²) in [5.74, 6) is 0.610. The largest absolute Gasteiger partial charge is 0.353 e. The van der Waals surface area contributed by atoms with Gasteiger partial charge in [-0.25, -0.2) is 9.97 Å². The van der Waals surface area contributed by atoms with Crippen molar-refractivity contribution in [3.63, 3.8) is 0 Å². The molecule has 0 radical (unpaired) electrons. The number of hydrogen-bond donors (Lipinski definition) is 0. The van der Waals surface area contributed by atoms with Crippen molar-refractivity contribution in [2.75, 3.05) is 11.9 Å². The first-order valence-electron chi connectivity index (χ1n) is 5.27. The van der Waals surface area contributed by atoms with Gasteiger partial charge in [0.05, 0.1) is 0 Å². The minimum absolute atomic E-state index is 0.353. The molecule has 17 heavy (non-hydrogen) atoms. The average molecular weight is 224 g/mol. The standard InChI is InChI=1S/C13H12N4/c1-17(10-11-5-3-2-4-6-11)13-12(9-14)15-7-8-16-13/h2-8H,10H2,1H3. The number of hydrogen-bond acceptors (Lipinski definition) is 4. The van der Waals surface area contributed by atoms with Crippen LogP contribution in [0.2, 0.25) is 0 Å². The lowest BCUT2D eigenvalue weighted by atomic mass is 10.2. The molecule has 0 atom stereocenters. The second-order valence-electron chi connectivity index (χ2n) is 3.68. The molecule has 0 bridgehead atoms. The zero-order chi connectivity index (χ0) is 12.1. The van der Waals surface area contributed by atoms with Gasteiger partial charge in [-0.1, -0.05) is 30.3 Å². The van der Waals surface area contributed by atoms with Gasteiger partial charge in [-0.2, -0.15) is 5.26 Å². The lowest BCUT2D eigenvalue weighted by Crippen LogP contribution is -2.19. The van der Waals surface area contributed by atoms with Gasteiger partial charge in [0.2, 0.25) is 0 Å². The second-order valence-corrected chi connectivity index (χ2v) is 3.68. The van der Waals surface area contributed by atoms with Crippen molar-refractivity contribution in [3.8, 4) is 6.07 Å². The Morgan fingerprint density at radius 3 is 2.59 bits per heavy atom. The van der Waals surface area contributed by atoms with E-state index in [1.54, 1.807) is 6.20 Å². The molecule has 1 aromatic heterocycles. The Kier molecular flexibility index (Phi) is 3.31. The molecule has 0 aliphatic carbocycles. The van der Waals surface area contributed by atoms with E-state index in [2.05, 4.69) is 9.97 Å². The van der Waals surface area contributed by atoms with Crippen molar-refractivity contribution >= 4 is 5.82 Å². The third kappa shape index (κ3) is 2.58. The number of benzene rings is 1. The maximum atomic E-state index is 8.95. The van der Waals surface area contributed by atoms with E-state index in [9.17, 15) is 0 Å². The predicted molar refractivity (Wildman–Crippen MR) is 65.3 cm³/mol. The summed E-state index contributed by atoms with van der Waals surface area (Å²) in [7, 11) is 1.90. The molecular formula is C13H12N4. The number of aromatic nitrogens is 2. The van der Waals surface area contributed by atoms with E-state index in [0.29, 0.717) is 18.1 Å². The fourth-order valence-electron chi connectivity index (χ4n) is 1.62. The van der Waals surface area contributed by atoms with Gasteiger partial charge in [-0.05, 0) is 5.56 Å². The Morgan fingerprint density at radius 1 is 1.18 bits per heavy atom. The lowest BCUT2D eigenvalue weighted by Gasteiger charge is -2.18. The summed E-state index contributed by atoms with van der Waals surface area (Å²) in [4.78, 5) is 10.1. The first kappa shape index (κ1) is 11.1. The molecule has 0 fully saturated rings. The summed E-state index contributed by atoms with van der Waals surface area (Å²) in [5, 5.41) is 8.95. The highest BCUT2D eigenvalue weighted by Crippen LogP contribution is 2.14. The summed E-state index contributed by atoms with van der Waals surface area (Å²) in [6.07, 6.45) is 3.12. The van der Waals surface area contributed by atoms with E-state index in [-0.39, 0.29) is 0 Å². The van der Waals surface area contributed by atoms with Crippen LogP contribution in [0.5, 0.6) is 0 Å². The van der Waals surface area contributed by atoms with Crippen molar-refractivity contribution < 1.29 is 0 Å². The highest BCUT2D eigenvalue weighted by Gasteiger charge is 2.09. The minimum atomic E-state index is 0.353. The summed E-state index contributed by atoms with van der Waals surface area (Å²) in [6.45, 7) is 0.703. The molecule has 4 heteroatoms. The van der Waals surface area contributed by atoms with Gasteiger partial charge in [-0.3, -0.25) is 0 Å². The summed E-state index contributed by atoms with van der Waals surface area (Å²) in [6, 6.07) is 12.1. The minimum Gasteiger partial charge on any atom is -0.353 e. The smallest absolute Gasteiger partial charge is 0.183 e. The molecule has 0 aliphatic heterocycles. The van der Waals surface area contributed by atoms with E-state index >= 15 is 0 Å². The molecule has 2 rings (SSSR count). The average Bonchev–Trinajstić information content (AvgIpc) is 2.40. The highest BCUT2D eigenvalue weighted by molar-refractivity contribution is 5.49. The summed E-state index contributed by atoms with van der Waals surface area (Å²) >= 11 is 0. The molecule has 0 amide bonds. The monoisotopic (exact) mass is 224 g/mol. The Morgan fingerprint density at radius 2 is 1.88 bits per heavy atom. The topological polar surface area (TPSA) is 52.8 Å². The van der Waals surface area contributed by atoms with E-state index in [0.717, 1.165) is 0 Å². The summed E-state index contributed by atoms with van der Waals surface area (Å²) < 4.78 is 0. The Balaban J connectivity index is 2.21. The van der Waals surface area contributed by atoms with Crippen LogP contribution in [0.15, 0.2) is 42.7 Å². The second kappa shape index (κ2) is 5.08. The molecule has 0 saturated carbocycles. The van der Waals surface area contributed by atoms with Gasteiger partial charge in [0.25, 0.3) is 0 Å². The fourth-order valence-corrected chi connectivity index (χ4v) is 1.62. The molecular weight excluding hydrogens is 212 g/mol. The van der Waals surface area contributed by atoms with E-state index < -0.39 is 0 Å². The zero-order valence-electron chi connectivity index (χ0n) is 9.54. The zero-order valence-corrected chi connectivity index (χ0v) is 9.54. The van der Waals surface area contributed by atoms with Gasteiger partial charge in [0.1, 0.15) is 6.07 Å². The molecule has 1 aromatic carbocycles. The number of nitrogens with zero attached hydrogens (tertiary/aromatic N) is 4. The third-order valence-corrected chi connectivity index (χ3v) is 2.41. The van der Waals surface area contributed by atoms with Crippen molar-refractivity contribution in [1.82, 2.24) is 9.97 Å². The maximum absolute atomic E-state index is 8.95. The first-order chi connectivity index (χ1) is 8.31. The van der Waals surface area contributed by atoms with Crippen LogP contribution in [0.1, 0.15) is 11.3 Å². The molecule has 0 spiro atoms. The normalized spacial score (nSPS) is 9.65. The fraction of sp³-hybridized carbons (Fsp3) is 0.154. The van der Waals surface area contributed by atoms with Gasteiger partial charge < -0.3 is 4.90 Å². The number of nitriles is 1. The van der Waals surface area contributed by atoms with Crippen LogP contribution in [0.3, 0.4) is 0 Å². The SMILES string of the molecule is CN(Cc1ccccc1)c1nccnc1C#N. The van der Waals surface area contributed by atoms with Gasteiger partial charge in [-0.15, -0.1) is 0 Å². The molecule has 2 aromatic rings. The van der Waals surface area contributed by atoms with Crippen molar-refractivity contribution in [1.29, 1.82) is 5.26 Å². The van der Waals surface area contributed by atoms with Crippen molar-refractivity contribution in [2.45, 2.75) is 6.54 Å². The molecule has 0 saturated heterocycles. The van der Waals surface area contributed by atoms with Crippen LogP contribution >= 0.6 is 0 Å². The number of rotatable bonds is 3. The maximum Gasteiger partial charge on any atom is 0.183 e. The van der Waals surface area contributed by atoms with Crippen LogP contribution in [-0.2, 0) is 6.54 Å². The predicted octanol–water partition coefficient (Wildman–Crippen LogP) is 1.98. The van der Waals surface area contributed by atoms with E-state index in [1.165, 1.54) is 11.8 Å². The van der Waals surface area contributed by atoms with Crippen LogP contribution in [0, 0.1) is 11.3 Å². The molecule has 84 valence electrons. The molecule has 0 aliphatic rings. The highest BCUT2D eigenvalue weighted by atomic mass is 15.2. The quantitative estimate of drug-likeness (QED) is 0.800. The molecule has 0 unspecified atom stereocenters. The third-order valence-electron chi connectivity index (χ3n) is 2.41. The lowest BCUT2D eigenvalue weighted by molar-refractivity contribution is 0.885. The Labute approximate surface area is 100 Å². The Hall–Kier alpha value is -2.41. The summed E-state index contributed by atoms with van der Waals surface area (Å²) in [5.41, 5.74) is 1.52. The number of anilines is 1. The van der Waals surface area contributed by atoms with Crippen LogP contribution < -0.4 is 4.90 Å². The van der Waals surface area contributed by atoms with E-state index in [4.69, 9.17) is 5.26 Å². The van der Waals surface area contributed by atoms with E-state index in [1.807, 2.05) is 48.3 Å². The molecule has 0 N–H and O–H groups in total. The first-order valence-corrected chi connectivity index (χ1v) is 5.27. The van der Waals surface area contributed by atoms with Crippen LogP contribution in [0.4, 0.5) is 5.82 Å². The van der Waals surface area contributed by atoms with Crippen LogP contribution in [-0.4, -0.2) is 17.0 Å². The van der Waals surface area contributed by atoms with Crippen molar-refractivity contribution in [3.05, 3.63) is 54.0 Å². The van der Waals surface area contributed by atoms with Gasteiger partial charge >= 0.3 is 0 Å². The molecule has 1 heterocycles. The molecule has 4 nitrogen and oxygen atoms in total. The van der Waals surface area contributed by atoms with Crippen molar-refractivity contribution in [2.24, 2.45) is 0 Å².